The minimum atomic E-state index is -4.65. The SMILES string of the molecule is CCN1C(=O)[C@@H](NC(=O)c2cccc(C(F)(F)F)c2)[C@H](c2cccc(CN(C)C/C=C/C(=O)N3CCCC3)c2)/C(=C/N)C1=Nc1ccccc1.[HH]. The van der Waals surface area contributed by atoms with Gasteiger partial charge in [-0.25, -0.2) is 4.99 Å². The lowest BCUT2D eigenvalue weighted by Crippen LogP contribution is -2.59. The average molecular weight is 689 g/mol. The van der Waals surface area contributed by atoms with Crippen LogP contribution >= 0.6 is 0 Å². The number of carbonyl (C=O) groups excluding carboxylic acids is 3. The lowest BCUT2D eigenvalue weighted by Gasteiger charge is -2.40. The minimum Gasteiger partial charge on any atom is -0.404 e. The standard InChI is InChI=1S/C38H41F3N6O3.H2/c1-3-47-35(43-30-16-5-4-6-17-30)31(24-42)33(34(37(47)50)44-36(49)28-14-10-15-29(23-28)38(39,40)41)27-13-9-12-26(22-27)25-45(2)19-11-18-32(48)46-20-7-8-21-46;/h4-6,9-18,22-24,33-34H,3,7-8,19-21,25,42H2,1-2H3,(H,44,49);1H/b18-11+,31-24-,43-35?;/t33-,34+;/m1./s1. The van der Waals surface area contributed by atoms with Crippen LogP contribution in [0, 0.1) is 0 Å². The molecular formula is C38H43F3N6O3. The number of amides is 3. The van der Waals surface area contributed by atoms with Gasteiger partial charge in [-0.15, -0.1) is 0 Å². The third-order valence-corrected chi connectivity index (χ3v) is 8.80. The highest BCUT2D eigenvalue weighted by molar-refractivity contribution is 6.15. The first-order valence-electron chi connectivity index (χ1n) is 16.6. The Bertz CT molecular complexity index is 1790. The zero-order valence-corrected chi connectivity index (χ0v) is 28.1. The third-order valence-electron chi connectivity index (χ3n) is 8.80. The molecule has 0 saturated carbocycles. The zero-order valence-electron chi connectivity index (χ0n) is 28.1. The van der Waals surface area contributed by atoms with E-state index in [9.17, 15) is 27.6 Å². The number of rotatable bonds is 10. The van der Waals surface area contributed by atoms with Crippen molar-refractivity contribution in [3.63, 3.8) is 0 Å². The molecule has 50 heavy (non-hydrogen) atoms. The first-order valence-corrected chi connectivity index (χ1v) is 16.6. The van der Waals surface area contributed by atoms with Gasteiger partial charge in [-0.1, -0.05) is 54.6 Å². The van der Waals surface area contributed by atoms with Crippen LogP contribution in [0.2, 0.25) is 0 Å². The van der Waals surface area contributed by atoms with Crippen LogP contribution in [-0.4, -0.2) is 77.5 Å². The molecule has 0 aliphatic carbocycles. The summed E-state index contributed by atoms with van der Waals surface area (Å²) >= 11 is 0. The van der Waals surface area contributed by atoms with E-state index in [0.29, 0.717) is 35.7 Å². The number of halogens is 3. The van der Waals surface area contributed by atoms with Gasteiger partial charge in [0.15, 0.2) is 0 Å². The molecule has 264 valence electrons. The van der Waals surface area contributed by atoms with Crippen molar-refractivity contribution in [1.29, 1.82) is 0 Å². The number of alkyl halides is 3. The van der Waals surface area contributed by atoms with Crippen molar-refractivity contribution in [3.05, 3.63) is 125 Å². The van der Waals surface area contributed by atoms with E-state index in [4.69, 9.17) is 10.7 Å². The van der Waals surface area contributed by atoms with E-state index in [2.05, 4.69) is 5.32 Å². The topological polar surface area (TPSA) is 111 Å². The second-order valence-electron chi connectivity index (χ2n) is 12.4. The monoisotopic (exact) mass is 688 g/mol. The Labute approximate surface area is 291 Å². The summed E-state index contributed by atoms with van der Waals surface area (Å²) in [5, 5.41) is 2.74. The van der Waals surface area contributed by atoms with Crippen molar-refractivity contribution in [2.45, 2.75) is 44.4 Å². The summed E-state index contributed by atoms with van der Waals surface area (Å²) in [5.41, 5.74) is 7.70. The number of hydrogen-bond donors (Lipinski definition) is 2. The van der Waals surface area contributed by atoms with Gasteiger partial charge in [-0.3, -0.25) is 24.2 Å². The molecule has 0 bridgehead atoms. The molecule has 9 nitrogen and oxygen atoms in total. The third kappa shape index (κ3) is 8.49. The number of carbonyl (C=O) groups is 3. The minimum absolute atomic E-state index is 0. The zero-order chi connectivity index (χ0) is 35.8. The van der Waals surface area contributed by atoms with Crippen LogP contribution in [0.3, 0.4) is 0 Å². The van der Waals surface area contributed by atoms with Gasteiger partial charge in [0.1, 0.15) is 11.9 Å². The summed E-state index contributed by atoms with van der Waals surface area (Å²) in [6.45, 7) is 4.56. The van der Waals surface area contributed by atoms with Gasteiger partial charge in [0.25, 0.3) is 11.8 Å². The number of nitrogens with two attached hydrogens (primary N) is 1. The van der Waals surface area contributed by atoms with E-state index < -0.39 is 35.5 Å². The largest absolute Gasteiger partial charge is 0.416 e. The van der Waals surface area contributed by atoms with Gasteiger partial charge in [0, 0.05) is 63.5 Å². The number of benzene rings is 3. The summed E-state index contributed by atoms with van der Waals surface area (Å²) in [7, 11) is 1.93. The van der Waals surface area contributed by atoms with Crippen LogP contribution in [0.4, 0.5) is 18.9 Å². The Hall–Kier alpha value is -5.23. The molecule has 2 saturated heterocycles. The smallest absolute Gasteiger partial charge is 0.404 e. The number of nitrogens with zero attached hydrogens (tertiary/aromatic N) is 4. The summed E-state index contributed by atoms with van der Waals surface area (Å²) in [5.74, 6) is -1.81. The fraction of sp³-hybridized carbons (Fsp3) is 0.316. The van der Waals surface area contributed by atoms with Gasteiger partial charge >= 0.3 is 6.18 Å². The maximum Gasteiger partial charge on any atom is 0.416 e. The Kier molecular flexibility index (Phi) is 11.5. The highest BCUT2D eigenvalue weighted by Crippen LogP contribution is 2.37. The van der Waals surface area contributed by atoms with Gasteiger partial charge in [0.2, 0.25) is 5.91 Å². The molecule has 2 fully saturated rings. The highest BCUT2D eigenvalue weighted by atomic mass is 19.4. The predicted octanol–water partition coefficient (Wildman–Crippen LogP) is 5.88. The van der Waals surface area contributed by atoms with Crippen molar-refractivity contribution < 1.29 is 29.0 Å². The van der Waals surface area contributed by atoms with Crippen LogP contribution in [0.1, 0.15) is 54.2 Å². The molecule has 5 rings (SSSR count). The Balaban J connectivity index is 0.00000583. The Morgan fingerprint density at radius 2 is 1.76 bits per heavy atom. The molecule has 3 amide bonds. The normalized spacial score (nSPS) is 20.0. The molecule has 3 N–H and O–H groups in total. The van der Waals surface area contributed by atoms with E-state index in [1.165, 1.54) is 17.2 Å². The van der Waals surface area contributed by atoms with Gasteiger partial charge in [0.05, 0.1) is 11.3 Å². The molecule has 2 aliphatic rings. The number of para-hydroxylation sites is 1. The summed E-state index contributed by atoms with van der Waals surface area (Å²) < 4.78 is 40.5. The Morgan fingerprint density at radius 3 is 2.44 bits per heavy atom. The first kappa shape index (κ1) is 36.1. The van der Waals surface area contributed by atoms with Crippen molar-refractivity contribution >= 4 is 29.2 Å². The van der Waals surface area contributed by atoms with Crippen LogP contribution in [0.25, 0.3) is 0 Å². The van der Waals surface area contributed by atoms with Crippen LogP contribution in [-0.2, 0) is 22.3 Å². The summed E-state index contributed by atoms with van der Waals surface area (Å²) in [6, 6.07) is 19.5. The van der Waals surface area contributed by atoms with Gasteiger partial charge in [-0.05, 0) is 68.3 Å². The molecule has 0 unspecified atom stereocenters. The molecule has 0 spiro atoms. The summed E-state index contributed by atoms with van der Waals surface area (Å²) in [6.07, 6.45) is 2.21. The molecule has 12 heteroatoms. The summed E-state index contributed by atoms with van der Waals surface area (Å²) in [4.78, 5) is 50.3. The number of amidine groups is 1. The fourth-order valence-electron chi connectivity index (χ4n) is 6.34. The fourth-order valence-corrected chi connectivity index (χ4v) is 6.34. The molecule has 0 aromatic heterocycles. The molecule has 3 aromatic carbocycles. The van der Waals surface area contributed by atoms with E-state index in [1.807, 2.05) is 65.4 Å². The molecular weight excluding hydrogens is 645 g/mol. The lowest BCUT2D eigenvalue weighted by atomic mass is 9.79. The number of nitrogens with one attached hydrogen (secondary N) is 1. The van der Waals surface area contributed by atoms with Crippen molar-refractivity contribution in [2.24, 2.45) is 10.7 Å². The average Bonchev–Trinajstić information content (AvgIpc) is 3.65. The van der Waals surface area contributed by atoms with Crippen LogP contribution in [0.15, 0.2) is 108 Å². The van der Waals surface area contributed by atoms with Crippen LogP contribution < -0.4 is 11.1 Å². The quantitative estimate of drug-likeness (QED) is 0.259. The van der Waals surface area contributed by atoms with Gasteiger partial charge in [-0.2, -0.15) is 13.2 Å². The predicted molar refractivity (Wildman–Crippen MR) is 188 cm³/mol. The number of likely N-dealkylation sites (tertiary alicyclic amines) is 2. The maximum absolute atomic E-state index is 14.3. The van der Waals surface area contributed by atoms with E-state index >= 15 is 0 Å². The van der Waals surface area contributed by atoms with E-state index in [-0.39, 0.29) is 19.4 Å². The first-order chi connectivity index (χ1) is 24.0. The molecule has 0 radical (unpaired) electrons. The second-order valence-corrected chi connectivity index (χ2v) is 12.4. The number of aliphatic imine (C=N–C) groups is 1. The second kappa shape index (κ2) is 16.0. The van der Waals surface area contributed by atoms with Crippen molar-refractivity contribution in [3.8, 4) is 0 Å². The Morgan fingerprint density at radius 1 is 1.04 bits per heavy atom. The molecule has 2 aliphatic heterocycles. The number of piperidine rings is 1. The number of likely N-dealkylation sites (N-methyl/N-ethyl adjacent to an activating group) is 2. The van der Waals surface area contributed by atoms with Crippen molar-refractivity contribution in [1.82, 2.24) is 20.0 Å². The van der Waals surface area contributed by atoms with E-state index in [0.717, 1.165) is 49.7 Å². The van der Waals surface area contributed by atoms with Gasteiger partial charge < -0.3 is 16.0 Å². The highest BCUT2D eigenvalue weighted by Gasteiger charge is 2.45. The maximum atomic E-state index is 14.3. The van der Waals surface area contributed by atoms with Crippen molar-refractivity contribution in [2.75, 3.05) is 33.2 Å². The van der Waals surface area contributed by atoms with Crippen LogP contribution in [0.5, 0.6) is 0 Å². The molecule has 3 aromatic rings. The molecule has 2 heterocycles. The van der Waals surface area contributed by atoms with E-state index in [1.54, 1.807) is 25.1 Å². The lowest BCUT2D eigenvalue weighted by molar-refractivity contribution is -0.137. The number of hydrogen-bond acceptors (Lipinski definition) is 6. The molecule has 2 atom stereocenters.